The summed E-state index contributed by atoms with van der Waals surface area (Å²) in [6.45, 7) is 5.85. The maximum atomic E-state index is 13.3. The van der Waals surface area contributed by atoms with Crippen molar-refractivity contribution in [3.63, 3.8) is 0 Å². The Balaban J connectivity index is 0.000000258. The zero-order valence-corrected chi connectivity index (χ0v) is 48.2. The van der Waals surface area contributed by atoms with E-state index in [0.29, 0.717) is 63.4 Å². The number of rotatable bonds is 28. The SMILES string of the molecule is CC[C@H](C)[C@@H](CN(CC(=O)N[C@@H](CCSC)C(=O)OC)Cc1cccc2ccccc12)NC(=O)c1cccc(=O)[nH]1.CSCC[C@H](NC(=O)CN(Cc1cccc2ccccc12)CC1(NC(=O)[C@@H]2CCC(=O)N2)CCCC1)C(=O)O. The lowest BCUT2D eigenvalue weighted by Crippen LogP contribution is -2.58. The summed E-state index contributed by atoms with van der Waals surface area (Å²) < 4.78 is 4.91. The van der Waals surface area contributed by atoms with Gasteiger partial charge >= 0.3 is 11.9 Å². The predicted octanol–water partition coefficient (Wildman–Crippen LogP) is 6.26. The number of fused-ring (bicyclic) bond motifs is 2. The average Bonchev–Trinajstić information content (AvgIpc) is 4.13. The summed E-state index contributed by atoms with van der Waals surface area (Å²) >= 11 is 3.13. The van der Waals surface area contributed by atoms with E-state index in [1.54, 1.807) is 17.8 Å². The molecular weight excluding hydrogens is 1060 g/mol. The number of nitrogens with one attached hydrogen (secondary N) is 6. The Bertz CT molecular complexity index is 2960. The Morgan fingerprint density at radius 3 is 1.84 bits per heavy atom. The van der Waals surface area contributed by atoms with Crippen molar-refractivity contribution in [2.75, 3.05) is 57.3 Å². The van der Waals surface area contributed by atoms with Gasteiger partial charge in [-0.2, -0.15) is 23.5 Å². The summed E-state index contributed by atoms with van der Waals surface area (Å²) in [6.07, 6.45) is 9.75. The first kappa shape index (κ1) is 62.5. The van der Waals surface area contributed by atoms with Crippen LogP contribution in [0.5, 0.6) is 0 Å². The minimum atomic E-state index is -1.05. The van der Waals surface area contributed by atoms with Crippen molar-refractivity contribution >= 4 is 86.5 Å². The van der Waals surface area contributed by atoms with Gasteiger partial charge in [0, 0.05) is 44.7 Å². The summed E-state index contributed by atoms with van der Waals surface area (Å²) in [6, 6.07) is 30.2. The first-order valence-corrected chi connectivity index (χ1v) is 30.2. The zero-order chi connectivity index (χ0) is 57.6. The van der Waals surface area contributed by atoms with Crippen molar-refractivity contribution in [2.24, 2.45) is 5.92 Å². The van der Waals surface area contributed by atoms with Gasteiger partial charge in [0.1, 0.15) is 23.8 Å². The van der Waals surface area contributed by atoms with Crippen molar-refractivity contribution in [3.8, 4) is 0 Å². The maximum absolute atomic E-state index is 13.3. The smallest absolute Gasteiger partial charge is 0.328 e. The van der Waals surface area contributed by atoms with Crippen molar-refractivity contribution in [3.05, 3.63) is 130 Å². The zero-order valence-electron chi connectivity index (χ0n) is 46.6. The number of esters is 1. The minimum Gasteiger partial charge on any atom is -0.480 e. The Labute approximate surface area is 477 Å². The van der Waals surface area contributed by atoms with Crippen LogP contribution in [-0.2, 0) is 46.6 Å². The van der Waals surface area contributed by atoms with Gasteiger partial charge in [-0.25, -0.2) is 9.59 Å². The Kier molecular flexibility index (Phi) is 24.4. The molecule has 1 saturated heterocycles. The van der Waals surface area contributed by atoms with Crippen LogP contribution in [0.15, 0.2) is 108 Å². The van der Waals surface area contributed by atoms with E-state index in [0.717, 1.165) is 64.8 Å². The van der Waals surface area contributed by atoms with Crippen molar-refractivity contribution in [1.82, 2.24) is 41.4 Å². The highest BCUT2D eigenvalue weighted by Gasteiger charge is 2.40. The summed E-state index contributed by atoms with van der Waals surface area (Å²) in [7, 11) is 1.31. The van der Waals surface area contributed by atoms with Crippen LogP contribution in [0.3, 0.4) is 0 Å². The number of nitrogens with zero attached hydrogens (tertiary/aromatic N) is 2. The van der Waals surface area contributed by atoms with E-state index in [2.05, 4.69) is 43.7 Å². The molecule has 80 heavy (non-hydrogen) atoms. The lowest BCUT2D eigenvalue weighted by molar-refractivity contribution is -0.145. The maximum Gasteiger partial charge on any atom is 0.328 e. The molecule has 20 heteroatoms. The average molecular weight is 1140 g/mol. The lowest BCUT2D eigenvalue weighted by atomic mass is 9.95. The number of hydrogen-bond acceptors (Lipinski definition) is 13. The van der Waals surface area contributed by atoms with Gasteiger partial charge in [-0.3, -0.25) is 38.6 Å². The number of benzene rings is 4. The number of thioether (sulfide) groups is 2. The molecule has 1 saturated carbocycles. The van der Waals surface area contributed by atoms with Gasteiger partial charge in [-0.1, -0.05) is 124 Å². The van der Waals surface area contributed by atoms with E-state index in [1.807, 2.05) is 109 Å². The Hall–Kier alpha value is -6.74. The normalized spacial score (nSPS) is 16.2. The first-order valence-electron chi connectivity index (χ1n) is 27.4. The number of H-pyrrole nitrogens is 1. The fraction of sp³-hybridized carbons (Fsp3) is 0.467. The van der Waals surface area contributed by atoms with Gasteiger partial charge < -0.3 is 41.4 Å². The molecule has 1 aliphatic heterocycles. The second-order valence-corrected chi connectivity index (χ2v) is 22.8. The molecule has 5 atom stereocenters. The van der Waals surface area contributed by atoms with E-state index in [9.17, 15) is 43.5 Å². The van der Waals surface area contributed by atoms with E-state index < -0.39 is 35.6 Å². The molecule has 7 N–H and O–H groups in total. The Morgan fingerprint density at radius 1 is 0.738 bits per heavy atom. The molecule has 1 aliphatic carbocycles. The van der Waals surface area contributed by atoms with Gasteiger partial charge in [0.15, 0.2) is 0 Å². The fourth-order valence-corrected chi connectivity index (χ4v) is 11.4. The number of methoxy groups -OCH3 is 1. The third-order valence-electron chi connectivity index (χ3n) is 14.9. The molecule has 0 radical (unpaired) electrons. The molecule has 0 spiro atoms. The predicted molar refractivity (Wildman–Crippen MR) is 316 cm³/mol. The fourth-order valence-electron chi connectivity index (χ4n) is 10.4. The molecule has 4 aromatic carbocycles. The summed E-state index contributed by atoms with van der Waals surface area (Å²) in [5.74, 6) is -1.45. The molecule has 2 heterocycles. The highest BCUT2D eigenvalue weighted by atomic mass is 32.2. The molecule has 5 amide bonds. The van der Waals surface area contributed by atoms with Crippen LogP contribution < -0.4 is 32.1 Å². The van der Waals surface area contributed by atoms with Crippen molar-refractivity contribution in [1.29, 1.82) is 0 Å². The number of carboxylic acids is 1. The second-order valence-electron chi connectivity index (χ2n) is 20.8. The standard InChI is InChI=1S/C31H40N4O5S.C29H38N4O5S/c1-5-21(2)27(34-30(38)25-14-9-15-28(36)32-25)19-35(18-23-12-8-11-22-10-6-7-13-24(22)23)20-29(37)33-26(16-17-41-4)31(39)40-3;1-39-16-13-24(28(37)38)31-26(35)18-33(17-21-9-6-8-20-7-2-3-10-22(20)21)19-29(14-4-5-15-29)32-27(36)23-11-12-25(34)30-23/h6-15,21,26-27H,5,16-20H2,1-4H3,(H,32,36)(H,33,37)(H,34,38);2-3,6-10,23-24H,4-5,11-19H2,1H3,(H,30,34)(H,31,35)(H,32,36)(H,37,38)/t21-,26-,27+;23-,24-/m00/s1. The van der Waals surface area contributed by atoms with Crippen LogP contribution in [-0.4, -0.2) is 148 Å². The van der Waals surface area contributed by atoms with Gasteiger partial charge in [-0.05, 0) is 101 Å². The minimum absolute atomic E-state index is 0.00402. The number of ether oxygens (including phenoxy) is 1. The highest BCUT2D eigenvalue weighted by Crippen LogP contribution is 2.32. The van der Waals surface area contributed by atoms with Crippen LogP contribution in [0, 0.1) is 5.92 Å². The lowest BCUT2D eigenvalue weighted by Gasteiger charge is -2.37. The molecule has 2 fully saturated rings. The molecule has 2 aliphatic rings. The molecule has 18 nitrogen and oxygen atoms in total. The molecule has 1 aromatic heterocycles. The number of aromatic nitrogens is 1. The van der Waals surface area contributed by atoms with E-state index in [4.69, 9.17) is 4.74 Å². The topological polar surface area (TPSA) is 248 Å². The summed E-state index contributed by atoms with van der Waals surface area (Å²) in [5, 5.41) is 28.6. The van der Waals surface area contributed by atoms with Crippen molar-refractivity contribution in [2.45, 2.75) is 114 Å². The molecule has 0 unspecified atom stereocenters. The van der Waals surface area contributed by atoms with Gasteiger partial charge in [0.25, 0.3) is 5.91 Å². The molecule has 0 bridgehead atoms. The van der Waals surface area contributed by atoms with Crippen LogP contribution in [0.25, 0.3) is 21.5 Å². The van der Waals surface area contributed by atoms with E-state index >= 15 is 0 Å². The summed E-state index contributed by atoms with van der Waals surface area (Å²) in [4.78, 5) is 107. The Morgan fingerprint density at radius 2 is 1.29 bits per heavy atom. The second kappa shape index (κ2) is 31.3. The first-order chi connectivity index (χ1) is 38.5. The third-order valence-corrected chi connectivity index (χ3v) is 16.1. The van der Waals surface area contributed by atoms with Crippen LogP contribution >= 0.6 is 23.5 Å². The highest BCUT2D eigenvalue weighted by molar-refractivity contribution is 7.98. The number of carboxylic acid groups (broad SMARTS) is 1. The van der Waals surface area contributed by atoms with E-state index in [-0.39, 0.29) is 65.8 Å². The van der Waals surface area contributed by atoms with Crippen LogP contribution in [0.1, 0.15) is 93.3 Å². The quantitative estimate of drug-likeness (QED) is 0.0274. The van der Waals surface area contributed by atoms with E-state index in [1.165, 1.54) is 31.0 Å². The van der Waals surface area contributed by atoms with Gasteiger partial charge in [-0.15, -0.1) is 0 Å². The molecule has 430 valence electrons. The monoisotopic (exact) mass is 1130 g/mol. The number of aromatic amines is 1. The molecule has 5 aromatic rings. The number of amides is 5. The summed E-state index contributed by atoms with van der Waals surface area (Å²) in [5.41, 5.74) is 1.40. The van der Waals surface area contributed by atoms with Gasteiger partial charge in [0.05, 0.1) is 25.7 Å². The largest absolute Gasteiger partial charge is 0.480 e. The van der Waals surface area contributed by atoms with Crippen LogP contribution in [0.2, 0.25) is 0 Å². The van der Waals surface area contributed by atoms with Crippen LogP contribution in [0.4, 0.5) is 0 Å². The van der Waals surface area contributed by atoms with Crippen molar-refractivity contribution < 1.29 is 43.4 Å². The third kappa shape index (κ3) is 18.7. The number of pyridine rings is 1. The number of hydrogen-bond donors (Lipinski definition) is 7. The number of carbonyl (C=O) groups is 7. The molecular formula is C60H78N8O10S2. The number of aliphatic carboxylic acids is 1. The number of carbonyl (C=O) groups excluding carboxylic acids is 6. The molecule has 7 rings (SSSR count). The van der Waals surface area contributed by atoms with Gasteiger partial charge in [0.2, 0.25) is 29.2 Å².